The van der Waals surface area contributed by atoms with Gasteiger partial charge in [0.05, 0.1) is 0 Å². The van der Waals surface area contributed by atoms with E-state index in [1.165, 1.54) is 12.8 Å². The summed E-state index contributed by atoms with van der Waals surface area (Å²) in [5, 5.41) is 0.977. The molecule has 0 saturated heterocycles. The van der Waals surface area contributed by atoms with E-state index < -0.39 is 0 Å². The first-order chi connectivity index (χ1) is 6.66. The molecule has 2 atom stereocenters. The summed E-state index contributed by atoms with van der Waals surface area (Å²) in [6.45, 7) is 3.08. The molecule has 1 amide bonds. The van der Waals surface area contributed by atoms with E-state index in [-0.39, 0.29) is 0 Å². The molecule has 0 radical (unpaired) electrons. The van der Waals surface area contributed by atoms with Crippen molar-refractivity contribution in [2.75, 3.05) is 18.9 Å². The first kappa shape index (κ1) is 12.0. The predicted molar refractivity (Wildman–Crippen MR) is 62.6 cm³/mol. The molecule has 2 unspecified atom stereocenters. The summed E-state index contributed by atoms with van der Waals surface area (Å²) in [6.07, 6.45) is 4.59. The molecule has 0 aliphatic heterocycles. The number of carbonyl (C=O) groups is 1. The lowest BCUT2D eigenvalue weighted by atomic mass is 9.97. The lowest BCUT2D eigenvalue weighted by Gasteiger charge is -2.23. The van der Waals surface area contributed by atoms with Crippen LogP contribution in [0.4, 0.5) is 0 Å². The maximum Gasteiger partial charge on any atom is 0.225 e. The van der Waals surface area contributed by atoms with Crippen LogP contribution in [0.3, 0.4) is 0 Å². The third-order valence-corrected chi connectivity index (χ3v) is 3.74. The fraction of sp³-hybridized carbons (Fsp3) is 0.909. The van der Waals surface area contributed by atoms with Crippen LogP contribution in [-0.2, 0) is 4.79 Å². The van der Waals surface area contributed by atoms with Gasteiger partial charge in [-0.1, -0.05) is 29.3 Å². The van der Waals surface area contributed by atoms with Crippen molar-refractivity contribution >= 4 is 21.8 Å². The molecule has 1 aliphatic carbocycles. The smallest absolute Gasteiger partial charge is 0.225 e. The molecule has 1 saturated carbocycles. The third-order valence-electron chi connectivity index (χ3n) is 3.18. The number of hydrogen-bond donors (Lipinski definition) is 0. The van der Waals surface area contributed by atoms with Crippen LogP contribution in [0, 0.1) is 11.8 Å². The zero-order valence-electron chi connectivity index (χ0n) is 9.13. The van der Waals surface area contributed by atoms with E-state index >= 15 is 0 Å². The summed E-state index contributed by atoms with van der Waals surface area (Å²) in [5.41, 5.74) is 0. The van der Waals surface area contributed by atoms with E-state index in [2.05, 4.69) is 22.9 Å². The van der Waals surface area contributed by atoms with Gasteiger partial charge in [0.15, 0.2) is 0 Å². The molecule has 0 bridgehead atoms. The lowest BCUT2D eigenvalue weighted by Crippen LogP contribution is -2.34. The number of alkyl halides is 1. The number of amides is 1. The third kappa shape index (κ3) is 2.97. The van der Waals surface area contributed by atoms with Gasteiger partial charge >= 0.3 is 0 Å². The summed E-state index contributed by atoms with van der Waals surface area (Å²) in [6, 6.07) is 0. The van der Waals surface area contributed by atoms with Crippen molar-refractivity contribution in [1.29, 1.82) is 0 Å². The molecule has 0 heterocycles. The molecular formula is C11H20BrNO. The van der Waals surface area contributed by atoms with Crippen LogP contribution in [0.2, 0.25) is 0 Å². The minimum atomic E-state index is 0.301. The van der Waals surface area contributed by atoms with Crippen molar-refractivity contribution < 1.29 is 4.79 Å². The molecule has 0 aromatic rings. The van der Waals surface area contributed by atoms with Crippen LogP contribution in [0.25, 0.3) is 0 Å². The summed E-state index contributed by atoms with van der Waals surface area (Å²) >= 11 is 3.38. The molecule has 0 aromatic carbocycles. The quantitative estimate of drug-likeness (QED) is 0.713. The van der Waals surface area contributed by atoms with Gasteiger partial charge in [-0.2, -0.15) is 0 Å². The molecule has 3 heteroatoms. The molecule has 1 rings (SSSR count). The van der Waals surface area contributed by atoms with Gasteiger partial charge < -0.3 is 4.90 Å². The van der Waals surface area contributed by atoms with Crippen LogP contribution in [0.15, 0.2) is 0 Å². The van der Waals surface area contributed by atoms with Crippen molar-refractivity contribution in [3.05, 3.63) is 0 Å². The minimum absolute atomic E-state index is 0.301. The van der Waals surface area contributed by atoms with E-state index in [9.17, 15) is 4.79 Å². The van der Waals surface area contributed by atoms with Crippen molar-refractivity contribution in [2.45, 2.75) is 32.6 Å². The van der Waals surface area contributed by atoms with E-state index in [1.807, 2.05) is 11.9 Å². The Labute approximate surface area is 95.2 Å². The second-order valence-corrected chi connectivity index (χ2v) is 5.11. The van der Waals surface area contributed by atoms with Crippen LogP contribution in [0.1, 0.15) is 32.6 Å². The van der Waals surface area contributed by atoms with E-state index in [4.69, 9.17) is 0 Å². The molecule has 2 nitrogen and oxygen atoms in total. The Kier molecular flexibility index (Phi) is 4.93. The van der Waals surface area contributed by atoms with Crippen molar-refractivity contribution in [1.82, 2.24) is 4.90 Å². The summed E-state index contributed by atoms with van der Waals surface area (Å²) in [4.78, 5) is 13.9. The van der Waals surface area contributed by atoms with Gasteiger partial charge in [0.2, 0.25) is 5.91 Å². The molecule has 0 aromatic heterocycles. The van der Waals surface area contributed by atoms with Gasteiger partial charge in [0.25, 0.3) is 0 Å². The number of hydrogen-bond acceptors (Lipinski definition) is 1. The van der Waals surface area contributed by atoms with Gasteiger partial charge in [-0.3, -0.25) is 4.79 Å². The van der Waals surface area contributed by atoms with Crippen LogP contribution < -0.4 is 0 Å². The second kappa shape index (κ2) is 5.74. The van der Waals surface area contributed by atoms with Gasteiger partial charge in [-0.25, -0.2) is 0 Å². The van der Waals surface area contributed by atoms with Gasteiger partial charge in [0, 0.05) is 24.8 Å². The monoisotopic (exact) mass is 261 g/mol. The zero-order chi connectivity index (χ0) is 10.6. The van der Waals surface area contributed by atoms with Crippen LogP contribution >= 0.6 is 15.9 Å². The fourth-order valence-electron chi connectivity index (χ4n) is 2.20. The van der Waals surface area contributed by atoms with Gasteiger partial charge in [0.1, 0.15) is 0 Å². The molecular weight excluding hydrogens is 242 g/mol. The Balaban J connectivity index is 2.39. The van der Waals surface area contributed by atoms with Gasteiger partial charge in [-0.05, 0) is 25.2 Å². The summed E-state index contributed by atoms with van der Waals surface area (Å²) < 4.78 is 0. The summed E-state index contributed by atoms with van der Waals surface area (Å²) in [5.74, 6) is 1.25. The van der Waals surface area contributed by atoms with Crippen LogP contribution in [0.5, 0.6) is 0 Å². The minimum Gasteiger partial charge on any atom is -0.345 e. The fourth-order valence-corrected chi connectivity index (χ4v) is 2.45. The Morgan fingerprint density at radius 2 is 2.21 bits per heavy atom. The zero-order valence-corrected chi connectivity index (χ0v) is 10.7. The van der Waals surface area contributed by atoms with Crippen molar-refractivity contribution in [2.24, 2.45) is 11.8 Å². The first-order valence-corrected chi connectivity index (χ1v) is 6.60. The molecule has 0 spiro atoms. The molecule has 0 N–H and O–H groups in total. The summed E-state index contributed by atoms with van der Waals surface area (Å²) in [7, 11) is 1.93. The molecule has 1 aliphatic rings. The molecule has 1 fully saturated rings. The van der Waals surface area contributed by atoms with E-state index in [0.717, 1.165) is 24.7 Å². The highest BCUT2D eigenvalue weighted by atomic mass is 79.9. The maximum atomic E-state index is 12.0. The first-order valence-electron chi connectivity index (χ1n) is 5.47. The second-order valence-electron chi connectivity index (χ2n) is 4.32. The van der Waals surface area contributed by atoms with Crippen molar-refractivity contribution in [3.63, 3.8) is 0 Å². The highest BCUT2D eigenvalue weighted by Crippen LogP contribution is 2.32. The molecule has 82 valence electrons. The van der Waals surface area contributed by atoms with Gasteiger partial charge in [-0.15, -0.1) is 0 Å². The largest absolute Gasteiger partial charge is 0.345 e. The Bertz CT molecular complexity index is 196. The maximum absolute atomic E-state index is 12.0. The highest BCUT2D eigenvalue weighted by molar-refractivity contribution is 9.09. The average Bonchev–Trinajstić information content (AvgIpc) is 2.59. The number of nitrogens with zero attached hydrogens (tertiary/aromatic N) is 1. The van der Waals surface area contributed by atoms with E-state index in [1.54, 1.807) is 0 Å². The Morgan fingerprint density at radius 3 is 2.71 bits per heavy atom. The molecule has 14 heavy (non-hydrogen) atoms. The standard InChI is InChI=1S/C11H20BrNO/c1-9-5-3-6-10(9)11(14)13(2)8-4-7-12/h9-10H,3-8H2,1-2H3. The Hall–Kier alpha value is -0.0500. The normalized spacial score (nSPS) is 26.5. The predicted octanol–water partition coefficient (Wildman–Crippen LogP) is 2.67. The number of halogens is 1. The SMILES string of the molecule is CC1CCCC1C(=O)N(C)CCCBr. The topological polar surface area (TPSA) is 20.3 Å². The number of carbonyl (C=O) groups excluding carboxylic acids is 1. The number of rotatable bonds is 4. The van der Waals surface area contributed by atoms with Crippen LogP contribution in [-0.4, -0.2) is 29.7 Å². The lowest BCUT2D eigenvalue weighted by molar-refractivity contribution is -0.135. The van der Waals surface area contributed by atoms with E-state index in [0.29, 0.717) is 17.7 Å². The highest BCUT2D eigenvalue weighted by Gasteiger charge is 2.31. The Morgan fingerprint density at radius 1 is 1.50 bits per heavy atom. The average molecular weight is 262 g/mol. The van der Waals surface area contributed by atoms with Crippen molar-refractivity contribution in [3.8, 4) is 0 Å².